The average Bonchev–Trinajstić information content (AvgIpc) is 2.50. The van der Waals surface area contributed by atoms with E-state index in [2.05, 4.69) is 9.73 Å². The zero-order chi connectivity index (χ0) is 10.1. The molecule has 0 aliphatic heterocycles. The number of furan rings is 1. The molecule has 0 saturated heterocycles. The molecule has 2 N–H and O–H groups in total. The van der Waals surface area contributed by atoms with Gasteiger partial charge in [0.2, 0.25) is 5.09 Å². The van der Waals surface area contributed by atoms with Crippen molar-refractivity contribution in [2.75, 3.05) is 7.05 Å². The second-order valence-electron chi connectivity index (χ2n) is 2.21. The molecule has 13 heavy (non-hydrogen) atoms. The summed E-state index contributed by atoms with van der Waals surface area (Å²) in [6.07, 6.45) is 0.946. The molecule has 0 aromatic carbocycles. The van der Waals surface area contributed by atoms with Crippen LogP contribution < -0.4 is 5.32 Å². The van der Waals surface area contributed by atoms with Crippen molar-refractivity contribution in [3.05, 3.63) is 17.9 Å². The summed E-state index contributed by atoms with van der Waals surface area (Å²) in [6.45, 7) is 0. The zero-order valence-electron chi connectivity index (χ0n) is 6.64. The normalized spacial score (nSPS) is 11.2. The largest absolute Gasteiger partial charge is 0.450 e. The van der Waals surface area contributed by atoms with Crippen LogP contribution >= 0.6 is 0 Å². The molecule has 1 amide bonds. The molecule has 1 aromatic rings. The predicted molar refractivity (Wildman–Crippen MR) is 41.9 cm³/mol. The van der Waals surface area contributed by atoms with Crippen LogP contribution in [0.1, 0.15) is 10.4 Å². The molecule has 0 fully saturated rings. The third kappa shape index (κ3) is 2.07. The minimum atomic E-state index is -4.37. The lowest BCUT2D eigenvalue weighted by Crippen LogP contribution is -2.16. The Balaban J connectivity index is 3.07. The maximum absolute atomic E-state index is 10.9. The van der Waals surface area contributed by atoms with Crippen LogP contribution in [0, 0.1) is 0 Å². The fraction of sp³-hybridized carbons (Fsp3) is 0.167. The average molecular weight is 205 g/mol. The highest BCUT2D eigenvalue weighted by Gasteiger charge is 2.17. The number of carbonyl (C=O) groups is 1. The molecule has 0 bridgehead atoms. The van der Waals surface area contributed by atoms with E-state index in [9.17, 15) is 13.2 Å². The van der Waals surface area contributed by atoms with Crippen molar-refractivity contribution in [2.45, 2.75) is 5.09 Å². The molecule has 0 spiro atoms. The van der Waals surface area contributed by atoms with Crippen molar-refractivity contribution in [3.8, 4) is 0 Å². The van der Waals surface area contributed by atoms with Crippen LogP contribution in [0.25, 0.3) is 0 Å². The molecule has 0 radical (unpaired) electrons. The van der Waals surface area contributed by atoms with Crippen LogP contribution in [-0.2, 0) is 10.1 Å². The van der Waals surface area contributed by atoms with Crippen LogP contribution in [0.5, 0.6) is 0 Å². The summed E-state index contributed by atoms with van der Waals surface area (Å²) in [4.78, 5) is 10.9. The molecular formula is C6H7NO5S. The monoisotopic (exact) mass is 205 g/mol. The number of amides is 1. The van der Waals surface area contributed by atoms with E-state index in [1.54, 1.807) is 0 Å². The van der Waals surface area contributed by atoms with Crippen LogP contribution in [0.3, 0.4) is 0 Å². The van der Waals surface area contributed by atoms with Crippen LogP contribution in [0.15, 0.2) is 21.8 Å². The molecule has 0 atom stereocenters. The highest BCUT2D eigenvalue weighted by Crippen LogP contribution is 2.12. The van der Waals surface area contributed by atoms with Gasteiger partial charge in [0, 0.05) is 13.1 Å². The number of hydrogen-bond acceptors (Lipinski definition) is 4. The summed E-state index contributed by atoms with van der Waals surface area (Å²) in [6, 6.07) is 0.939. The Morgan fingerprint density at radius 2 is 2.23 bits per heavy atom. The van der Waals surface area contributed by atoms with Gasteiger partial charge < -0.3 is 9.73 Å². The third-order valence-corrected chi connectivity index (χ3v) is 2.04. The first kappa shape index (κ1) is 9.75. The molecule has 0 aliphatic carbocycles. The van der Waals surface area contributed by atoms with Crippen molar-refractivity contribution in [3.63, 3.8) is 0 Å². The van der Waals surface area contributed by atoms with Crippen molar-refractivity contribution < 1.29 is 22.2 Å². The Labute approximate surface area is 74.3 Å². The standard InChI is InChI=1S/C6H7NO5S/c1-7-6(8)4-2-5(12-3-4)13(9,10)11/h2-3H,1H3,(H,7,8)(H,9,10,11). The van der Waals surface area contributed by atoms with E-state index >= 15 is 0 Å². The van der Waals surface area contributed by atoms with E-state index in [4.69, 9.17) is 4.55 Å². The Bertz CT molecular complexity index is 418. The number of hydrogen-bond donors (Lipinski definition) is 2. The van der Waals surface area contributed by atoms with Crippen LogP contribution in [0.4, 0.5) is 0 Å². The molecule has 72 valence electrons. The number of carbonyl (C=O) groups excluding carboxylic acids is 1. The minimum Gasteiger partial charge on any atom is -0.450 e. The van der Waals surface area contributed by atoms with E-state index in [1.165, 1.54) is 7.05 Å². The van der Waals surface area contributed by atoms with Gasteiger partial charge in [-0.1, -0.05) is 0 Å². The first-order chi connectivity index (χ1) is 5.95. The lowest BCUT2D eigenvalue weighted by molar-refractivity contribution is 0.0962. The molecule has 7 heteroatoms. The van der Waals surface area contributed by atoms with Gasteiger partial charge in [-0.3, -0.25) is 9.35 Å². The molecule has 0 unspecified atom stereocenters. The van der Waals surface area contributed by atoms with Gasteiger partial charge in [-0.05, 0) is 0 Å². The van der Waals surface area contributed by atoms with E-state index in [0.29, 0.717) is 0 Å². The maximum atomic E-state index is 10.9. The summed E-state index contributed by atoms with van der Waals surface area (Å²) >= 11 is 0. The van der Waals surface area contributed by atoms with E-state index in [-0.39, 0.29) is 5.56 Å². The van der Waals surface area contributed by atoms with Gasteiger partial charge in [0.1, 0.15) is 6.26 Å². The van der Waals surface area contributed by atoms with Gasteiger partial charge in [0.15, 0.2) is 0 Å². The van der Waals surface area contributed by atoms with Gasteiger partial charge >= 0.3 is 10.1 Å². The summed E-state index contributed by atoms with van der Waals surface area (Å²) in [7, 11) is -2.98. The summed E-state index contributed by atoms with van der Waals surface area (Å²) in [5.41, 5.74) is 0.0372. The summed E-state index contributed by atoms with van der Waals surface area (Å²) in [5.74, 6) is -0.487. The topological polar surface area (TPSA) is 96.6 Å². The van der Waals surface area contributed by atoms with Gasteiger partial charge in [-0.2, -0.15) is 8.42 Å². The van der Waals surface area contributed by atoms with E-state index < -0.39 is 21.1 Å². The molecular weight excluding hydrogens is 198 g/mol. The van der Waals surface area contributed by atoms with Crippen molar-refractivity contribution in [1.29, 1.82) is 0 Å². The summed E-state index contributed by atoms with van der Waals surface area (Å²) < 4.78 is 33.9. The molecule has 1 heterocycles. The number of nitrogens with one attached hydrogen (secondary N) is 1. The third-order valence-electron chi connectivity index (χ3n) is 1.32. The predicted octanol–water partition coefficient (Wildman–Crippen LogP) is -0.114. The van der Waals surface area contributed by atoms with Gasteiger partial charge in [0.05, 0.1) is 5.56 Å². The zero-order valence-corrected chi connectivity index (χ0v) is 7.46. The van der Waals surface area contributed by atoms with Gasteiger partial charge in [0.25, 0.3) is 5.91 Å². The lowest BCUT2D eigenvalue weighted by atomic mass is 10.3. The molecule has 0 saturated carbocycles. The smallest absolute Gasteiger partial charge is 0.328 e. The first-order valence-corrected chi connectivity index (χ1v) is 4.67. The fourth-order valence-corrected chi connectivity index (χ4v) is 1.16. The van der Waals surface area contributed by atoms with Gasteiger partial charge in [-0.15, -0.1) is 0 Å². The number of rotatable bonds is 2. The Hall–Kier alpha value is -1.34. The fourth-order valence-electron chi connectivity index (χ4n) is 0.715. The summed E-state index contributed by atoms with van der Waals surface area (Å²) in [5, 5.41) is 1.62. The van der Waals surface area contributed by atoms with Crippen molar-refractivity contribution in [1.82, 2.24) is 5.32 Å². The van der Waals surface area contributed by atoms with Gasteiger partial charge in [-0.25, -0.2) is 0 Å². The Kier molecular flexibility index (Phi) is 2.39. The molecule has 0 aliphatic rings. The van der Waals surface area contributed by atoms with Crippen LogP contribution in [-0.4, -0.2) is 25.9 Å². The molecule has 6 nitrogen and oxygen atoms in total. The second-order valence-corrected chi connectivity index (χ2v) is 3.56. The Morgan fingerprint density at radius 1 is 1.62 bits per heavy atom. The van der Waals surface area contributed by atoms with Crippen LogP contribution in [0.2, 0.25) is 0 Å². The van der Waals surface area contributed by atoms with Crippen molar-refractivity contribution >= 4 is 16.0 Å². The lowest BCUT2D eigenvalue weighted by Gasteiger charge is -1.90. The Morgan fingerprint density at radius 3 is 2.62 bits per heavy atom. The highest BCUT2D eigenvalue weighted by molar-refractivity contribution is 7.85. The quantitative estimate of drug-likeness (QED) is 0.656. The SMILES string of the molecule is CNC(=O)c1coc(S(=O)(=O)O)c1. The highest BCUT2D eigenvalue weighted by atomic mass is 32.2. The van der Waals surface area contributed by atoms with Crippen molar-refractivity contribution in [2.24, 2.45) is 0 Å². The molecule has 1 rings (SSSR count). The van der Waals surface area contributed by atoms with E-state index in [1.807, 2.05) is 0 Å². The second kappa shape index (κ2) is 3.19. The first-order valence-electron chi connectivity index (χ1n) is 3.23. The maximum Gasteiger partial charge on any atom is 0.328 e. The molecule has 1 aromatic heterocycles. The van der Waals surface area contributed by atoms with E-state index in [0.717, 1.165) is 12.3 Å². The minimum absolute atomic E-state index is 0.0372.